The first-order chi connectivity index (χ1) is 9.32. The summed E-state index contributed by atoms with van der Waals surface area (Å²) in [5, 5.41) is 2.86. The number of piperazine rings is 1. The second kappa shape index (κ2) is 5.22. The SMILES string of the molecule is CC[C@H]1C(=O)NCCN1c1nc(N)nc(C(C)(C)C)n1. The molecule has 7 heteroatoms. The van der Waals surface area contributed by atoms with Crippen molar-refractivity contribution in [2.24, 2.45) is 0 Å². The van der Waals surface area contributed by atoms with Gasteiger partial charge in [-0.3, -0.25) is 4.79 Å². The molecule has 0 spiro atoms. The number of rotatable bonds is 2. The van der Waals surface area contributed by atoms with Crippen molar-refractivity contribution in [2.75, 3.05) is 23.7 Å². The molecular weight excluding hydrogens is 256 g/mol. The molecule has 0 saturated carbocycles. The Morgan fingerprint density at radius 2 is 2.05 bits per heavy atom. The van der Waals surface area contributed by atoms with Gasteiger partial charge in [-0.05, 0) is 6.42 Å². The molecule has 1 fully saturated rings. The number of nitrogens with two attached hydrogens (primary N) is 1. The van der Waals surface area contributed by atoms with Crippen LogP contribution in [0.5, 0.6) is 0 Å². The number of hydrogen-bond acceptors (Lipinski definition) is 6. The Morgan fingerprint density at radius 3 is 2.65 bits per heavy atom. The van der Waals surface area contributed by atoms with Crippen molar-refractivity contribution in [1.29, 1.82) is 0 Å². The highest BCUT2D eigenvalue weighted by atomic mass is 16.2. The van der Waals surface area contributed by atoms with E-state index in [-0.39, 0.29) is 23.3 Å². The summed E-state index contributed by atoms with van der Waals surface area (Å²) in [6.45, 7) is 9.30. The molecule has 110 valence electrons. The summed E-state index contributed by atoms with van der Waals surface area (Å²) in [7, 11) is 0. The van der Waals surface area contributed by atoms with Crippen molar-refractivity contribution in [3.05, 3.63) is 5.82 Å². The topological polar surface area (TPSA) is 97.0 Å². The molecule has 1 amide bonds. The van der Waals surface area contributed by atoms with Crippen molar-refractivity contribution < 1.29 is 4.79 Å². The molecule has 1 aromatic rings. The smallest absolute Gasteiger partial charge is 0.242 e. The molecule has 3 N–H and O–H groups in total. The predicted octanol–water partition coefficient (Wildman–Crippen LogP) is 0.466. The van der Waals surface area contributed by atoms with Gasteiger partial charge >= 0.3 is 0 Å². The monoisotopic (exact) mass is 278 g/mol. The van der Waals surface area contributed by atoms with Crippen LogP contribution in [0, 0.1) is 0 Å². The van der Waals surface area contributed by atoms with Gasteiger partial charge in [0.2, 0.25) is 17.8 Å². The molecule has 0 aliphatic carbocycles. The number of amides is 1. The lowest BCUT2D eigenvalue weighted by molar-refractivity contribution is -0.123. The van der Waals surface area contributed by atoms with E-state index >= 15 is 0 Å². The number of aromatic nitrogens is 3. The maximum absolute atomic E-state index is 11.9. The van der Waals surface area contributed by atoms with Gasteiger partial charge in [0.15, 0.2) is 0 Å². The Morgan fingerprint density at radius 1 is 1.35 bits per heavy atom. The minimum Gasteiger partial charge on any atom is -0.368 e. The minimum atomic E-state index is -0.252. The number of hydrogen-bond donors (Lipinski definition) is 2. The highest BCUT2D eigenvalue weighted by Gasteiger charge is 2.31. The summed E-state index contributed by atoms with van der Waals surface area (Å²) >= 11 is 0. The molecule has 1 aromatic heterocycles. The Hall–Kier alpha value is -1.92. The average Bonchev–Trinajstić information content (AvgIpc) is 2.36. The van der Waals surface area contributed by atoms with E-state index in [4.69, 9.17) is 5.73 Å². The third-order valence-electron chi connectivity index (χ3n) is 3.29. The van der Waals surface area contributed by atoms with Gasteiger partial charge in [-0.25, -0.2) is 0 Å². The lowest BCUT2D eigenvalue weighted by atomic mass is 9.96. The number of nitrogens with zero attached hydrogens (tertiary/aromatic N) is 4. The molecule has 1 atom stereocenters. The van der Waals surface area contributed by atoms with Gasteiger partial charge in [-0.1, -0.05) is 27.7 Å². The number of carbonyl (C=O) groups excluding carboxylic acids is 1. The third kappa shape index (κ3) is 2.81. The van der Waals surface area contributed by atoms with Crippen LogP contribution in [0.1, 0.15) is 39.9 Å². The van der Waals surface area contributed by atoms with Crippen LogP contribution < -0.4 is 16.0 Å². The Kier molecular flexibility index (Phi) is 3.78. The first-order valence-electron chi connectivity index (χ1n) is 6.89. The molecule has 1 aliphatic rings. The van der Waals surface area contributed by atoms with Gasteiger partial charge in [0, 0.05) is 18.5 Å². The molecule has 0 radical (unpaired) electrons. The van der Waals surface area contributed by atoms with Crippen molar-refractivity contribution in [1.82, 2.24) is 20.3 Å². The van der Waals surface area contributed by atoms with Crippen LogP contribution in [0.25, 0.3) is 0 Å². The molecule has 0 aromatic carbocycles. The normalized spacial score (nSPS) is 19.9. The molecular formula is C13H22N6O. The maximum Gasteiger partial charge on any atom is 0.242 e. The van der Waals surface area contributed by atoms with Crippen LogP contribution >= 0.6 is 0 Å². The molecule has 1 saturated heterocycles. The lowest BCUT2D eigenvalue weighted by Crippen LogP contribution is -2.55. The van der Waals surface area contributed by atoms with Crippen molar-refractivity contribution >= 4 is 17.8 Å². The summed E-state index contributed by atoms with van der Waals surface area (Å²) in [6.07, 6.45) is 0.697. The van der Waals surface area contributed by atoms with E-state index in [0.717, 1.165) is 0 Å². The van der Waals surface area contributed by atoms with Gasteiger partial charge in [0.1, 0.15) is 11.9 Å². The van der Waals surface area contributed by atoms with Crippen LogP contribution in [-0.2, 0) is 10.2 Å². The summed E-state index contributed by atoms with van der Waals surface area (Å²) in [6, 6.07) is -0.252. The molecule has 1 aliphatic heterocycles. The van der Waals surface area contributed by atoms with E-state index in [0.29, 0.717) is 31.3 Å². The molecule has 7 nitrogen and oxygen atoms in total. The van der Waals surface area contributed by atoms with Crippen LogP contribution in [0.2, 0.25) is 0 Å². The zero-order valence-electron chi connectivity index (χ0n) is 12.5. The van der Waals surface area contributed by atoms with Gasteiger partial charge in [0.25, 0.3) is 0 Å². The van der Waals surface area contributed by atoms with Crippen molar-refractivity contribution in [2.45, 2.75) is 45.6 Å². The standard InChI is InChI=1S/C13H22N6O/c1-5-8-9(20)15-6-7-19(8)12-17-10(13(2,3)4)16-11(14)18-12/h8H,5-7H2,1-4H3,(H,15,20)(H2,14,16,17,18)/t8-/m0/s1. The summed E-state index contributed by atoms with van der Waals surface area (Å²) < 4.78 is 0. The number of carbonyl (C=O) groups is 1. The molecule has 0 bridgehead atoms. The van der Waals surface area contributed by atoms with Crippen LogP contribution in [0.4, 0.5) is 11.9 Å². The second-order valence-electron chi connectivity index (χ2n) is 5.98. The van der Waals surface area contributed by atoms with E-state index in [1.807, 2.05) is 32.6 Å². The van der Waals surface area contributed by atoms with Gasteiger partial charge in [-0.2, -0.15) is 15.0 Å². The first-order valence-corrected chi connectivity index (χ1v) is 6.89. The Balaban J connectivity index is 2.41. The first kappa shape index (κ1) is 14.5. The zero-order valence-corrected chi connectivity index (χ0v) is 12.5. The van der Waals surface area contributed by atoms with Gasteiger partial charge in [0.05, 0.1) is 0 Å². The second-order valence-corrected chi connectivity index (χ2v) is 5.98. The summed E-state index contributed by atoms with van der Waals surface area (Å²) in [5.74, 6) is 1.33. The lowest BCUT2D eigenvalue weighted by Gasteiger charge is -2.34. The van der Waals surface area contributed by atoms with E-state index in [2.05, 4.69) is 20.3 Å². The summed E-state index contributed by atoms with van der Waals surface area (Å²) in [4.78, 5) is 26.7. The van der Waals surface area contributed by atoms with Gasteiger partial charge < -0.3 is 16.0 Å². The van der Waals surface area contributed by atoms with E-state index in [9.17, 15) is 4.79 Å². The van der Waals surface area contributed by atoms with Crippen LogP contribution in [0.15, 0.2) is 0 Å². The number of nitrogen functional groups attached to an aromatic ring is 1. The fourth-order valence-electron chi connectivity index (χ4n) is 2.20. The maximum atomic E-state index is 11.9. The quantitative estimate of drug-likeness (QED) is 0.816. The largest absolute Gasteiger partial charge is 0.368 e. The fourth-order valence-corrected chi connectivity index (χ4v) is 2.20. The average molecular weight is 278 g/mol. The molecule has 0 unspecified atom stereocenters. The van der Waals surface area contributed by atoms with E-state index in [1.165, 1.54) is 0 Å². The minimum absolute atomic E-state index is 0.00930. The fraction of sp³-hybridized carbons (Fsp3) is 0.692. The summed E-state index contributed by atoms with van der Waals surface area (Å²) in [5.41, 5.74) is 5.58. The van der Waals surface area contributed by atoms with Crippen molar-refractivity contribution in [3.8, 4) is 0 Å². The number of nitrogens with one attached hydrogen (secondary N) is 1. The highest BCUT2D eigenvalue weighted by Crippen LogP contribution is 2.23. The molecule has 2 heterocycles. The number of anilines is 2. The van der Waals surface area contributed by atoms with Crippen LogP contribution in [0.3, 0.4) is 0 Å². The molecule has 20 heavy (non-hydrogen) atoms. The van der Waals surface area contributed by atoms with Gasteiger partial charge in [-0.15, -0.1) is 0 Å². The van der Waals surface area contributed by atoms with Crippen LogP contribution in [-0.4, -0.2) is 40.0 Å². The Bertz CT molecular complexity index is 510. The highest BCUT2D eigenvalue weighted by molar-refractivity contribution is 5.85. The van der Waals surface area contributed by atoms with E-state index < -0.39 is 0 Å². The third-order valence-corrected chi connectivity index (χ3v) is 3.29. The predicted molar refractivity (Wildman–Crippen MR) is 77.4 cm³/mol. The zero-order chi connectivity index (χ0) is 14.9. The van der Waals surface area contributed by atoms with Crippen molar-refractivity contribution in [3.63, 3.8) is 0 Å². The Labute approximate surface area is 119 Å². The molecule has 2 rings (SSSR count). The van der Waals surface area contributed by atoms with E-state index in [1.54, 1.807) is 0 Å².